The number of carbonyl (C=O) groups excluding carboxylic acids is 1. The number of halogens is 1. The van der Waals surface area contributed by atoms with E-state index < -0.39 is 10.9 Å². The highest BCUT2D eigenvalue weighted by Gasteiger charge is 2.22. The number of esters is 1. The molecule has 0 aromatic heterocycles. The number of rotatable bonds is 4. The number of carbonyl (C=O) groups is 1. The fraction of sp³-hybridized carbons (Fsp3) is 0.300. The van der Waals surface area contributed by atoms with Crippen LogP contribution < -0.4 is 4.74 Å². The molecule has 0 aliphatic rings. The molecule has 7 heteroatoms. The SMILES string of the molecule is COC(=O)c1cc(OC)c([N+](=O)[O-])cc1CCl. The summed E-state index contributed by atoms with van der Waals surface area (Å²) >= 11 is 5.63. The van der Waals surface area contributed by atoms with Crippen LogP contribution in [0.15, 0.2) is 12.1 Å². The predicted molar refractivity (Wildman–Crippen MR) is 60.5 cm³/mol. The lowest BCUT2D eigenvalue weighted by Gasteiger charge is -2.08. The van der Waals surface area contributed by atoms with Crippen LogP contribution in [-0.4, -0.2) is 25.1 Å². The number of nitro groups is 1. The fourth-order valence-electron chi connectivity index (χ4n) is 1.33. The molecular formula is C10H10ClNO5. The van der Waals surface area contributed by atoms with Gasteiger partial charge in [0.25, 0.3) is 0 Å². The van der Waals surface area contributed by atoms with E-state index >= 15 is 0 Å². The van der Waals surface area contributed by atoms with Crippen LogP contribution in [0.2, 0.25) is 0 Å². The largest absolute Gasteiger partial charge is 0.490 e. The zero-order valence-corrected chi connectivity index (χ0v) is 9.98. The molecule has 0 aliphatic carbocycles. The summed E-state index contributed by atoms with van der Waals surface area (Å²) < 4.78 is 9.40. The Morgan fingerprint density at radius 3 is 2.53 bits per heavy atom. The number of methoxy groups -OCH3 is 2. The molecule has 0 aliphatic heterocycles. The van der Waals surface area contributed by atoms with Gasteiger partial charge in [-0.25, -0.2) is 4.79 Å². The summed E-state index contributed by atoms with van der Waals surface area (Å²) in [6.45, 7) is 0. The quantitative estimate of drug-likeness (QED) is 0.358. The Hall–Kier alpha value is -1.82. The highest BCUT2D eigenvalue weighted by Crippen LogP contribution is 2.31. The highest BCUT2D eigenvalue weighted by molar-refractivity contribution is 6.17. The van der Waals surface area contributed by atoms with Gasteiger partial charge < -0.3 is 9.47 Å². The molecule has 17 heavy (non-hydrogen) atoms. The first kappa shape index (κ1) is 13.2. The summed E-state index contributed by atoms with van der Waals surface area (Å²) in [6.07, 6.45) is 0. The van der Waals surface area contributed by atoms with Gasteiger partial charge in [-0.1, -0.05) is 0 Å². The van der Waals surface area contributed by atoms with Crippen molar-refractivity contribution in [1.29, 1.82) is 0 Å². The molecule has 0 heterocycles. The van der Waals surface area contributed by atoms with Crippen LogP contribution in [-0.2, 0) is 10.6 Å². The number of benzene rings is 1. The van der Waals surface area contributed by atoms with Crippen molar-refractivity contribution in [3.8, 4) is 5.75 Å². The molecular weight excluding hydrogens is 250 g/mol. The van der Waals surface area contributed by atoms with Crippen molar-refractivity contribution in [2.24, 2.45) is 0 Å². The summed E-state index contributed by atoms with van der Waals surface area (Å²) in [4.78, 5) is 21.6. The molecule has 0 radical (unpaired) electrons. The average molecular weight is 260 g/mol. The lowest BCUT2D eigenvalue weighted by Crippen LogP contribution is -2.07. The number of alkyl halides is 1. The first-order valence-electron chi connectivity index (χ1n) is 4.54. The van der Waals surface area contributed by atoms with Crippen molar-refractivity contribution in [2.75, 3.05) is 14.2 Å². The van der Waals surface area contributed by atoms with E-state index in [2.05, 4.69) is 4.74 Å². The molecule has 1 rings (SSSR count). The maximum absolute atomic E-state index is 11.4. The van der Waals surface area contributed by atoms with Gasteiger partial charge in [0.2, 0.25) is 0 Å². The molecule has 0 saturated carbocycles. The third-order valence-corrected chi connectivity index (χ3v) is 2.44. The van der Waals surface area contributed by atoms with E-state index in [0.717, 1.165) is 0 Å². The highest BCUT2D eigenvalue weighted by atomic mass is 35.5. The average Bonchev–Trinajstić information content (AvgIpc) is 2.35. The van der Waals surface area contributed by atoms with Gasteiger partial charge in [-0.2, -0.15) is 0 Å². The lowest BCUT2D eigenvalue weighted by atomic mass is 10.1. The van der Waals surface area contributed by atoms with Crippen LogP contribution in [0.1, 0.15) is 15.9 Å². The summed E-state index contributed by atoms with van der Waals surface area (Å²) in [7, 11) is 2.50. The third-order valence-electron chi connectivity index (χ3n) is 2.15. The molecule has 0 atom stereocenters. The van der Waals surface area contributed by atoms with Crippen molar-refractivity contribution >= 4 is 23.3 Å². The van der Waals surface area contributed by atoms with Crippen LogP contribution in [0, 0.1) is 10.1 Å². The molecule has 0 spiro atoms. The summed E-state index contributed by atoms with van der Waals surface area (Å²) in [5, 5.41) is 10.8. The molecule has 0 unspecified atom stereocenters. The van der Waals surface area contributed by atoms with Gasteiger partial charge >= 0.3 is 11.7 Å². The summed E-state index contributed by atoms with van der Waals surface area (Å²) in [5.74, 6) is -0.659. The minimum absolute atomic E-state index is 0.00994. The minimum Gasteiger partial charge on any atom is -0.490 e. The minimum atomic E-state index is -0.617. The molecule has 0 amide bonds. The van der Waals surface area contributed by atoms with Crippen LogP contribution >= 0.6 is 11.6 Å². The van der Waals surface area contributed by atoms with Crippen LogP contribution in [0.5, 0.6) is 5.75 Å². The Balaban J connectivity index is 3.43. The van der Waals surface area contributed by atoms with Gasteiger partial charge in [0, 0.05) is 18.0 Å². The number of nitro benzene ring substituents is 1. The lowest BCUT2D eigenvalue weighted by molar-refractivity contribution is -0.385. The van der Waals surface area contributed by atoms with E-state index in [1.54, 1.807) is 0 Å². The van der Waals surface area contributed by atoms with Crippen molar-refractivity contribution in [3.05, 3.63) is 33.4 Å². The second-order valence-electron chi connectivity index (χ2n) is 3.06. The Bertz CT molecular complexity index is 460. The van der Waals surface area contributed by atoms with Crippen molar-refractivity contribution in [3.63, 3.8) is 0 Å². The smallest absolute Gasteiger partial charge is 0.338 e. The van der Waals surface area contributed by atoms with Gasteiger partial charge in [0.05, 0.1) is 24.7 Å². The molecule has 1 aromatic rings. The Kier molecular flexibility index (Phi) is 4.28. The third kappa shape index (κ3) is 2.65. The molecule has 1 aromatic carbocycles. The van der Waals surface area contributed by atoms with E-state index in [-0.39, 0.29) is 22.9 Å². The molecule has 92 valence electrons. The Labute approximate surface area is 102 Å². The standard InChI is InChI=1S/C10H10ClNO5/c1-16-9-4-7(10(13)17-2)6(5-11)3-8(9)12(14)15/h3-4H,5H2,1-2H3. The van der Waals surface area contributed by atoms with Crippen LogP contribution in [0.4, 0.5) is 5.69 Å². The van der Waals surface area contributed by atoms with Gasteiger partial charge in [-0.05, 0) is 5.56 Å². The monoisotopic (exact) mass is 259 g/mol. The molecule has 0 fully saturated rings. The van der Waals surface area contributed by atoms with Crippen molar-refractivity contribution in [1.82, 2.24) is 0 Å². The molecule has 0 bridgehead atoms. The van der Waals surface area contributed by atoms with E-state index in [1.807, 2.05) is 0 Å². The number of nitrogens with zero attached hydrogens (tertiary/aromatic N) is 1. The fourth-order valence-corrected chi connectivity index (χ4v) is 1.55. The maximum atomic E-state index is 11.4. The van der Waals surface area contributed by atoms with Gasteiger partial charge in [-0.15, -0.1) is 11.6 Å². The van der Waals surface area contributed by atoms with E-state index in [4.69, 9.17) is 16.3 Å². The van der Waals surface area contributed by atoms with Crippen molar-refractivity contribution < 1.29 is 19.2 Å². The van der Waals surface area contributed by atoms with Crippen LogP contribution in [0.25, 0.3) is 0 Å². The molecule has 0 saturated heterocycles. The van der Waals surface area contributed by atoms with Crippen molar-refractivity contribution in [2.45, 2.75) is 5.88 Å². The van der Waals surface area contributed by atoms with Gasteiger partial charge in [0.1, 0.15) is 0 Å². The van der Waals surface area contributed by atoms with E-state index in [9.17, 15) is 14.9 Å². The first-order valence-corrected chi connectivity index (χ1v) is 5.08. The Morgan fingerprint density at radius 1 is 1.47 bits per heavy atom. The normalized spacial score (nSPS) is 9.82. The predicted octanol–water partition coefficient (Wildman–Crippen LogP) is 2.13. The second-order valence-corrected chi connectivity index (χ2v) is 3.33. The zero-order valence-electron chi connectivity index (χ0n) is 9.23. The van der Waals surface area contributed by atoms with E-state index in [1.165, 1.54) is 26.4 Å². The molecule has 0 N–H and O–H groups in total. The van der Waals surface area contributed by atoms with E-state index in [0.29, 0.717) is 5.56 Å². The number of ether oxygens (including phenoxy) is 2. The first-order chi connectivity index (χ1) is 8.04. The maximum Gasteiger partial charge on any atom is 0.338 e. The second kappa shape index (κ2) is 5.49. The summed E-state index contributed by atoms with van der Waals surface area (Å²) in [6, 6.07) is 2.46. The van der Waals surface area contributed by atoms with Gasteiger partial charge in [-0.3, -0.25) is 10.1 Å². The van der Waals surface area contributed by atoms with Gasteiger partial charge in [0.15, 0.2) is 5.75 Å². The van der Waals surface area contributed by atoms with Crippen LogP contribution in [0.3, 0.4) is 0 Å². The summed E-state index contributed by atoms with van der Waals surface area (Å²) in [5.41, 5.74) is 0.242. The number of hydrogen-bond donors (Lipinski definition) is 0. The Morgan fingerprint density at radius 2 is 2.12 bits per heavy atom. The molecule has 6 nitrogen and oxygen atoms in total. The number of hydrogen-bond acceptors (Lipinski definition) is 5. The zero-order chi connectivity index (χ0) is 13.0. The topological polar surface area (TPSA) is 78.7 Å².